The van der Waals surface area contributed by atoms with Crippen LogP contribution < -0.4 is 4.90 Å². The Kier molecular flexibility index (Phi) is 6.07. The van der Waals surface area contributed by atoms with Crippen LogP contribution in [0.2, 0.25) is 0 Å². The van der Waals surface area contributed by atoms with Crippen LogP contribution >= 0.6 is 0 Å². The molecule has 2 aromatic rings. The van der Waals surface area contributed by atoms with E-state index in [4.69, 9.17) is 9.47 Å². The molecule has 0 aliphatic carbocycles. The first-order valence-electron chi connectivity index (χ1n) is 10.1. The second-order valence-corrected chi connectivity index (χ2v) is 7.51. The van der Waals surface area contributed by atoms with E-state index in [9.17, 15) is 0 Å². The maximum atomic E-state index is 6.17. The van der Waals surface area contributed by atoms with Gasteiger partial charge in [-0.05, 0) is 42.5 Å². The molecule has 2 aromatic carbocycles. The summed E-state index contributed by atoms with van der Waals surface area (Å²) < 4.78 is 11.4. The van der Waals surface area contributed by atoms with E-state index >= 15 is 0 Å². The summed E-state index contributed by atoms with van der Waals surface area (Å²) in [5.41, 5.74) is 5.54. The van der Waals surface area contributed by atoms with Crippen molar-refractivity contribution in [3.63, 3.8) is 0 Å². The summed E-state index contributed by atoms with van der Waals surface area (Å²) >= 11 is 0. The molecule has 0 N–H and O–H groups in total. The Balaban J connectivity index is 1.54. The summed E-state index contributed by atoms with van der Waals surface area (Å²) in [5.74, 6) is 0. The number of methoxy groups -OCH3 is 1. The second-order valence-electron chi connectivity index (χ2n) is 7.51. The third kappa shape index (κ3) is 4.34. The lowest BCUT2D eigenvalue weighted by molar-refractivity contribution is -0.0248. The number of fused-ring (bicyclic) bond motifs is 2. The number of aryl methyl sites for hydroxylation is 2. The molecule has 144 valence electrons. The minimum Gasteiger partial charge on any atom is -0.385 e. The standard InChI is InChI=1S/C23H30N2O2/c1-26-15-6-13-24-14-16-27-21(17-24)18-25-22-9-4-2-7-19(22)11-12-20-8-3-5-10-23(20)25/h2-5,7-10,21H,6,11-18H2,1H3. The zero-order valence-corrected chi connectivity index (χ0v) is 16.3. The molecular weight excluding hydrogens is 336 g/mol. The molecule has 0 bridgehead atoms. The van der Waals surface area contributed by atoms with Gasteiger partial charge in [0.25, 0.3) is 0 Å². The van der Waals surface area contributed by atoms with Gasteiger partial charge in [0.05, 0.1) is 19.3 Å². The number of para-hydroxylation sites is 2. The predicted molar refractivity (Wildman–Crippen MR) is 110 cm³/mol. The van der Waals surface area contributed by atoms with Crippen molar-refractivity contribution in [2.75, 3.05) is 51.4 Å². The maximum absolute atomic E-state index is 6.17. The molecule has 1 fully saturated rings. The molecule has 0 radical (unpaired) electrons. The molecule has 0 spiro atoms. The Labute approximate surface area is 162 Å². The van der Waals surface area contributed by atoms with Gasteiger partial charge in [-0.15, -0.1) is 0 Å². The third-order valence-corrected chi connectivity index (χ3v) is 5.66. The number of rotatable bonds is 6. The average molecular weight is 367 g/mol. The van der Waals surface area contributed by atoms with Gasteiger partial charge in [0.2, 0.25) is 0 Å². The van der Waals surface area contributed by atoms with Crippen molar-refractivity contribution in [1.29, 1.82) is 0 Å². The Hall–Kier alpha value is -1.88. The summed E-state index contributed by atoms with van der Waals surface area (Å²) in [6, 6.07) is 17.7. The van der Waals surface area contributed by atoms with Crippen molar-refractivity contribution in [2.24, 2.45) is 0 Å². The van der Waals surface area contributed by atoms with Crippen molar-refractivity contribution in [3.05, 3.63) is 59.7 Å². The highest BCUT2D eigenvalue weighted by Crippen LogP contribution is 2.36. The van der Waals surface area contributed by atoms with Crippen molar-refractivity contribution < 1.29 is 9.47 Å². The van der Waals surface area contributed by atoms with Crippen molar-refractivity contribution in [2.45, 2.75) is 25.4 Å². The Bertz CT molecular complexity index is 701. The number of benzene rings is 2. The summed E-state index contributed by atoms with van der Waals surface area (Å²) in [7, 11) is 1.77. The lowest BCUT2D eigenvalue weighted by Crippen LogP contribution is -2.47. The van der Waals surface area contributed by atoms with Gasteiger partial charge in [-0.1, -0.05) is 36.4 Å². The van der Waals surface area contributed by atoms with Gasteiger partial charge < -0.3 is 14.4 Å². The van der Waals surface area contributed by atoms with Gasteiger partial charge >= 0.3 is 0 Å². The quantitative estimate of drug-likeness (QED) is 0.729. The summed E-state index contributed by atoms with van der Waals surface area (Å²) in [6.07, 6.45) is 3.50. The zero-order valence-electron chi connectivity index (χ0n) is 16.3. The van der Waals surface area contributed by atoms with Crippen LogP contribution in [0, 0.1) is 0 Å². The van der Waals surface area contributed by atoms with Gasteiger partial charge in [0, 0.05) is 44.7 Å². The van der Waals surface area contributed by atoms with E-state index in [1.54, 1.807) is 7.11 Å². The molecule has 1 unspecified atom stereocenters. The monoisotopic (exact) mass is 366 g/mol. The van der Waals surface area contributed by atoms with Crippen LogP contribution in [0.5, 0.6) is 0 Å². The summed E-state index contributed by atoms with van der Waals surface area (Å²) in [6.45, 7) is 5.64. The van der Waals surface area contributed by atoms with E-state index in [-0.39, 0.29) is 6.10 Å². The highest BCUT2D eigenvalue weighted by molar-refractivity contribution is 5.71. The van der Waals surface area contributed by atoms with Crippen LogP contribution in [-0.4, -0.2) is 57.5 Å². The van der Waals surface area contributed by atoms with Crippen LogP contribution in [0.15, 0.2) is 48.5 Å². The van der Waals surface area contributed by atoms with Gasteiger partial charge in [-0.3, -0.25) is 4.90 Å². The fraction of sp³-hybridized carbons (Fsp3) is 0.478. The van der Waals surface area contributed by atoms with Gasteiger partial charge in [-0.2, -0.15) is 0 Å². The molecule has 2 heterocycles. The number of hydrogen-bond acceptors (Lipinski definition) is 4. The van der Waals surface area contributed by atoms with E-state index in [0.717, 1.165) is 58.7 Å². The molecule has 0 amide bonds. The number of hydrogen-bond donors (Lipinski definition) is 0. The summed E-state index contributed by atoms with van der Waals surface area (Å²) in [5, 5.41) is 0. The molecule has 2 aliphatic heterocycles. The van der Waals surface area contributed by atoms with Crippen LogP contribution in [0.3, 0.4) is 0 Å². The van der Waals surface area contributed by atoms with Crippen LogP contribution in [0.1, 0.15) is 17.5 Å². The molecule has 2 aliphatic rings. The van der Waals surface area contributed by atoms with E-state index in [0.29, 0.717) is 0 Å². The van der Waals surface area contributed by atoms with Crippen molar-refractivity contribution in [3.8, 4) is 0 Å². The predicted octanol–water partition coefficient (Wildman–Crippen LogP) is 3.66. The smallest absolute Gasteiger partial charge is 0.0881 e. The molecule has 4 rings (SSSR count). The first kappa shape index (κ1) is 18.5. The molecular formula is C23H30N2O2. The lowest BCUT2D eigenvalue weighted by Gasteiger charge is -2.37. The number of anilines is 2. The number of nitrogens with zero attached hydrogens (tertiary/aromatic N) is 2. The molecule has 4 heteroatoms. The molecule has 4 nitrogen and oxygen atoms in total. The van der Waals surface area contributed by atoms with Gasteiger partial charge in [0.15, 0.2) is 0 Å². The Morgan fingerprint density at radius 3 is 2.33 bits per heavy atom. The second kappa shape index (κ2) is 8.87. The highest BCUT2D eigenvalue weighted by Gasteiger charge is 2.26. The third-order valence-electron chi connectivity index (χ3n) is 5.66. The number of ether oxygens (including phenoxy) is 2. The SMILES string of the molecule is COCCCN1CCOC(CN2c3ccccc3CCc3ccccc32)C1. The fourth-order valence-corrected chi connectivity index (χ4v) is 4.30. The fourth-order valence-electron chi connectivity index (χ4n) is 4.30. The first-order chi connectivity index (χ1) is 13.3. The van der Waals surface area contributed by atoms with E-state index in [2.05, 4.69) is 58.3 Å². The van der Waals surface area contributed by atoms with E-state index in [1.165, 1.54) is 22.5 Å². The lowest BCUT2D eigenvalue weighted by atomic mass is 10.0. The summed E-state index contributed by atoms with van der Waals surface area (Å²) in [4.78, 5) is 5.00. The topological polar surface area (TPSA) is 24.9 Å². The minimum atomic E-state index is 0.223. The molecule has 27 heavy (non-hydrogen) atoms. The first-order valence-corrected chi connectivity index (χ1v) is 10.1. The van der Waals surface area contributed by atoms with Crippen LogP contribution in [0.4, 0.5) is 11.4 Å². The average Bonchev–Trinajstić information content (AvgIpc) is 2.86. The van der Waals surface area contributed by atoms with E-state index < -0.39 is 0 Å². The van der Waals surface area contributed by atoms with Crippen LogP contribution in [0.25, 0.3) is 0 Å². The zero-order chi connectivity index (χ0) is 18.5. The van der Waals surface area contributed by atoms with Crippen molar-refractivity contribution >= 4 is 11.4 Å². The Morgan fingerprint density at radius 2 is 1.67 bits per heavy atom. The normalized spacial score (nSPS) is 20.0. The molecule has 1 saturated heterocycles. The van der Waals surface area contributed by atoms with Gasteiger partial charge in [0.1, 0.15) is 0 Å². The molecule has 1 atom stereocenters. The van der Waals surface area contributed by atoms with Crippen molar-refractivity contribution in [1.82, 2.24) is 4.90 Å². The molecule has 0 saturated carbocycles. The highest BCUT2D eigenvalue weighted by atomic mass is 16.5. The Morgan fingerprint density at radius 1 is 1.00 bits per heavy atom. The number of morpholine rings is 1. The maximum Gasteiger partial charge on any atom is 0.0881 e. The molecule has 0 aromatic heterocycles. The van der Waals surface area contributed by atoms with Crippen LogP contribution in [-0.2, 0) is 22.3 Å². The van der Waals surface area contributed by atoms with Gasteiger partial charge in [-0.25, -0.2) is 0 Å². The van der Waals surface area contributed by atoms with E-state index in [1.807, 2.05) is 0 Å². The minimum absolute atomic E-state index is 0.223. The largest absolute Gasteiger partial charge is 0.385 e.